The summed E-state index contributed by atoms with van der Waals surface area (Å²) < 4.78 is 0. The summed E-state index contributed by atoms with van der Waals surface area (Å²) in [5.41, 5.74) is 6.95. The summed E-state index contributed by atoms with van der Waals surface area (Å²) in [7, 11) is 0. The number of nitrogens with two attached hydrogens (primary N) is 1. The van der Waals surface area contributed by atoms with Gasteiger partial charge in [-0.05, 0) is 30.9 Å². The van der Waals surface area contributed by atoms with Gasteiger partial charge in [0.25, 0.3) is 0 Å². The molecule has 1 saturated carbocycles. The van der Waals surface area contributed by atoms with Crippen molar-refractivity contribution >= 4 is 11.6 Å². The zero-order valence-electron chi connectivity index (χ0n) is 10.9. The van der Waals surface area contributed by atoms with Gasteiger partial charge in [-0.2, -0.15) is 0 Å². The molecule has 4 heteroatoms. The first-order chi connectivity index (χ1) is 8.63. The molecule has 1 fully saturated rings. The van der Waals surface area contributed by atoms with E-state index in [9.17, 15) is 4.79 Å². The van der Waals surface area contributed by atoms with E-state index in [0.29, 0.717) is 18.2 Å². The van der Waals surface area contributed by atoms with Gasteiger partial charge in [0.05, 0.1) is 18.3 Å². The maximum absolute atomic E-state index is 11.9. The zero-order chi connectivity index (χ0) is 13.0. The fraction of sp³-hybridized carbons (Fsp3) is 0.571. The molecule has 1 heterocycles. The molecule has 1 aromatic heterocycles. The van der Waals surface area contributed by atoms with E-state index in [2.05, 4.69) is 17.2 Å². The van der Waals surface area contributed by atoms with Crippen LogP contribution < -0.4 is 11.1 Å². The molecule has 0 aromatic carbocycles. The second-order valence-corrected chi connectivity index (χ2v) is 5.30. The molecule has 0 radical (unpaired) electrons. The standard InChI is InChI=1S/C14H21N3O/c1-10-3-2-4-13(7-10)17-14(18)8-12-6-5-11(15)9-16-12/h5-6,9-10,13H,2-4,7-8,15H2,1H3,(H,17,18). The van der Waals surface area contributed by atoms with Crippen molar-refractivity contribution in [2.45, 2.75) is 45.1 Å². The number of anilines is 1. The van der Waals surface area contributed by atoms with Crippen LogP contribution in [0.5, 0.6) is 0 Å². The number of hydrogen-bond donors (Lipinski definition) is 2. The van der Waals surface area contributed by atoms with Crippen molar-refractivity contribution in [3.05, 3.63) is 24.0 Å². The van der Waals surface area contributed by atoms with Crippen LogP contribution in [-0.2, 0) is 11.2 Å². The second kappa shape index (κ2) is 5.85. The highest BCUT2D eigenvalue weighted by Gasteiger charge is 2.20. The van der Waals surface area contributed by atoms with Crippen molar-refractivity contribution in [2.75, 3.05) is 5.73 Å². The van der Waals surface area contributed by atoms with Crippen LogP contribution in [0.15, 0.2) is 18.3 Å². The monoisotopic (exact) mass is 247 g/mol. The minimum Gasteiger partial charge on any atom is -0.397 e. The van der Waals surface area contributed by atoms with E-state index < -0.39 is 0 Å². The summed E-state index contributed by atoms with van der Waals surface area (Å²) in [4.78, 5) is 16.0. The van der Waals surface area contributed by atoms with Crippen LogP contribution in [0.1, 0.15) is 38.3 Å². The number of amides is 1. The fourth-order valence-electron chi connectivity index (χ4n) is 2.55. The van der Waals surface area contributed by atoms with Gasteiger partial charge in [0.15, 0.2) is 0 Å². The van der Waals surface area contributed by atoms with Crippen molar-refractivity contribution < 1.29 is 4.79 Å². The van der Waals surface area contributed by atoms with Crippen LogP contribution in [0.2, 0.25) is 0 Å². The Bertz CT molecular complexity index is 402. The van der Waals surface area contributed by atoms with Gasteiger partial charge >= 0.3 is 0 Å². The largest absolute Gasteiger partial charge is 0.397 e. The van der Waals surface area contributed by atoms with Crippen molar-refractivity contribution in [3.8, 4) is 0 Å². The number of rotatable bonds is 3. The maximum atomic E-state index is 11.9. The van der Waals surface area contributed by atoms with Crippen LogP contribution in [0, 0.1) is 5.92 Å². The molecule has 3 N–H and O–H groups in total. The highest BCUT2D eigenvalue weighted by atomic mass is 16.1. The van der Waals surface area contributed by atoms with Crippen LogP contribution in [-0.4, -0.2) is 16.9 Å². The second-order valence-electron chi connectivity index (χ2n) is 5.30. The summed E-state index contributed by atoms with van der Waals surface area (Å²) in [5, 5.41) is 3.10. The first-order valence-electron chi connectivity index (χ1n) is 6.63. The maximum Gasteiger partial charge on any atom is 0.226 e. The van der Waals surface area contributed by atoms with Crippen molar-refractivity contribution in [1.82, 2.24) is 10.3 Å². The Labute approximate surface area is 108 Å². The number of carbonyl (C=O) groups is 1. The lowest BCUT2D eigenvalue weighted by atomic mass is 9.87. The minimum absolute atomic E-state index is 0.0615. The van der Waals surface area contributed by atoms with Gasteiger partial charge in [-0.15, -0.1) is 0 Å². The van der Waals surface area contributed by atoms with Gasteiger partial charge in [0.2, 0.25) is 5.91 Å². The molecule has 2 unspecified atom stereocenters. The van der Waals surface area contributed by atoms with Gasteiger partial charge in [0, 0.05) is 11.7 Å². The molecule has 2 rings (SSSR count). The average Bonchev–Trinajstić information content (AvgIpc) is 2.32. The molecule has 2 atom stereocenters. The summed E-state index contributed by atoms with van der Waals surface area (Å²) in [5.74, 6) is 0.782. The van der Waals surface area contributed by atoms with Gasteiger partial charge in [-0.1, -0.05) is 19.8 Å². The molecule has 1 aromatic rings. The van der Waals surface area contributed by atoms with E-state index in [-0.39, 0.29) is 5.91 Å². The predicted octanol–water partition coefficient (Wildman–Crippen LogP) is 1.90. The quantitative estimate of drug-likeness (QED) is 0.857. The Balaban J connectivity index is 1.83. The topological polar surface area (TPSA) is 68.0 Å². The molecule has 18 heavy (non-hydrogen) atoms. The van der Waals surface area contributed by atoms with E-state index in [0.717, 1.165) is 24.5 Å². The Morgan fingerprint density at radius 1 is 1.50 bits per heavy atom. The van der Waals surface area contributed by atoms with Gasteiger partial charge < -0.3 is 11.1 Å². The molecule has 98 valence electrons. The lowest BCUT2D eigenvalue weighted by Gasteiger charge is -2.27. The number of aromatic nitrogens is 1. The Hall–Kier alpha value is -1.58. The molecular weight excluding hydrogens is 226 g/mol. The van der Waals surface area contributed by atoms with E-state index in [4.69, 9.17) is 5.73 Å². The SMILES string of the molecule is CC1CCCC(NC(=O)Cc2ccc(N)cn2)C1. The van der Waals surface area contributed by atoms with Crippen LogP contribution >= 0.6 is 0 Å². The number of nitrogens with one attached hydrogen (secondary N) is 1. The minimum atomic E-state index is 0.0615. The fourth-order valence-corrected chi connectivity index (χ4v) is 2.55. The highest BCUT2D eigenvalue weighted by Crippen LogP contribution is 2.23. The van der Waals surface area contributed by atoms with E-state index in [1.165, 1.54) is 12.8 Å². The van der Waals surface area contributed by atoms with Crippen LogP contribution in [0.4, 0.5) is 5.69 Å². The average molecular weight is 247 g/mol. The Morgan fingerprint density at radius 2 is 2.33 bits per heavy atom. The lowest BCUT2D eigenvalue weighted by molar-refractivity contribution is -0.121. The number of nitrogen functional groups attached to an aromatic ring is 1. The van der Waals surface area contributed by atoms with E-state index in [1.54, 1.807) is 18.3 Å². The highest BCUT2D eigenvalue weighted by molar-refractivity contribution is 5.78. The molecule has 1 amide bonds. The molecule has 0 aliphatic heterocycles. The number of carbonyl (C=O) groups excluding carboxylic acids is 1. The molecule has 0 saturated heterocycles. The lowest BCUT2D eigenvalue weighted by Crippen LogP contribution is -2.38. The smallest absolute Gasteiger partial charge is 0.226 e. The van der Waals surface area contributed by atoms with Crippen molar-refractivity contribution in [1.29, 1.82) is 0 Å². The van der Waals surface area contributed by atoms with Crippen molar-refractivity contribution in [3.63, 3.8) is 0 Å². The van der Waals surface area contributed by atoms with Crippen molar-refractivity contribution in [2.24, 2.45) is 5.92 Å². The van der Waals surface area contributed by atoms with Crippen LogP contribution in [0.25, 0.3) is 0 Å². The van der Waals surface area contributed by atoms with E-state index >= 15 is 0 Å². The third kappa shape index (κ3) is 3.72. The molecular formula is C14H21N3O. The van der Waals surface area contributed by atoms with Gasteiger partial charge in [-0.25, -0.2) is 0 Å². The van der Waals surface area contributed by atoms with Gasteiger partial charge in [-0.3, -0.25) is 9.78 Å². The number of pyridine rings is 1. The molecule has 0 spiro atoms. The molecule has 0 bridgehead atoms. The zero-order valence-corrected chi connectivity index (χ0v) is 10.9. The first kappa shape index (κ1) is 12.9. The Morgan fingerprint density at radius 3 is 3.00 bits per heavy atom. The summed E-state index contributed by atoms with van der Waals surface area (Å²) in [6.07, 6.45) is 6.63. The summed E-state index contributed by atoms with van der Waals surface area (Å²) >= 11 is 0. The number of hydrogen-bond acceptors (Lipinski definition) is 3. The summed E-state index contributed by atoms with van der Waals surface area (Å²) in [6.45, 7) is 2.25. The molecule has 1 aliphatic carbocycles. The third-order valence-electron chi connectivity index (χ3n) is 3.49. The molecule has 4 nitrogen and oxygen atoms in total. The first-order valence-corrected chi connectivity index (χ1v) is 6.63. The number of nitrogens with zero attached hydrogens (tertiary/aromatic N) is 1. The van der Waals surface area contributed by atoms with Crippen LogP contribution in [0.3, 0.4) is 0 Å². The summed E-state index contributed by atoms with van der Waals surface area (Å²) in [6, 6.07) is 3.92. The predicted molar refractivity (Wildman–Crippen MR) is 71.9 cm³/mol. The Kier molecular flexibility index (Phi) is 4.18. The van der Waals surface area contributed by atoms with E-state index in [1.807, 2.05) is 0 Å². The third-order valence-corrected chi connectivity index (χ3v) is 3.49. The normalized spacial score (nSPS) is 23.6. The van der Waals surface area contributed by atoms with Gasteiger partial charge in [0.1, 0.15) is 0 Å². The molecule has 1 aliphatic rings.